The van der Waals surface area contributed by atoms with E-state index in [1.807, 2.05) is 0 Å². The van der Waals surface area contributed by atoms with Crippen LogP contribution in [0.4, 0.5) is 5.69 Å². The maximum Gasteiger partial charge on any atom is 0.338 e. The van der Waals surface area contributed by atoms with Crippen LogP contribution in [0.5, 0.6) is 0 Å². The first-order valence-electron chi connectivity index (χ1n) is 7.50. The number of amides is 2. The monoisotopic (exact) mass is 302 g/mol. The SMILES string of the molecule is O=C(COC(=O)c1cccc(N2CCCC2=O)c1)NC1CC1. The van der Waals surface area contributed by atoms with Crippen LogP contribution in [-0.2, 0) is 14.3 Å². The molecule has 0 unspecified atom stereocenters. The minimum atomic E-state index is -0.556. The van der Waals surface area contributed by atoms with Crippen molar-refractivity contribution in [2.45, 2.75) is 31.7 Å². The summed E-state index contributed by atoms with van der Waals surface area (Å²) in [4.78, 5) is 36.9. The maximum atomic E-state index is 12.0. The molecule has 2 fully saturated rings. The number of anilines is 1. The molecule has 0 aromatic heterocycles. The van der Waals surface area contributed by atoms with Gasteiger partial charge in [-0.1, -0.05) is 6.07 Å². The van der Waals surface area contributed by atoms with Gasteiger partial charge in [0.15, 0.2) is 6.61 Å². The molecule has 1 saturated carbocycles. The molecule has 1 heterocycles. The Hall–Kier alpha value is -2.37. The highest BCUT2D eigenvalue weighted by atomic mass is 16.5. The molecule has 0 atom stereocenters. The highest BCUT2D eigenvalue weighted by Gasteiger charge is 2.24. The largest absolute Gasteiger partial charge is 0.452 e. The molecule has 22 heavy (non-hydrogen) atoms. The molecule has 0 radical (unpaired) electrons. The fraction of sp³-hybridized carbons (Fsp3) is 0.438. The number of nitrogens with zero attached hydrogens (tertiary/aromatic N) is 1. The minimum Gasteiger partial charge on any atom is -0.452 e. The predicted octanol–water partition coefficient (Wildman–Crippen LogP) is 1.25. The molecule has 1 N–H and O–H groups in total. The number of esters is 1. The summed E-state index contributed by atoms with van der Waals surface area (Å²) >= 11 is 0. The van der Waals surface area contributed by atoms with E-state index >= 15 is 0 Å². The highest BCUT2D eigenvalue weighted by molar-refractivity contribution is 5.97. The van der Waals surface area contributed by atoms with Crippen LogP contribution in [-0.4, -0.2) is 37.0 Å². The van der Waals surface area contributed by atoms with E-state index in [1.165, 1.54) is 0 Å². The molecule has 2 aliphatic rings. The highest BCUT2D eigenvalue weighted by Crippen LogP contribution is 2.22. The van der Waals surface area contributed by atoms with E-state index in [-0.39, 0.29) is 24.5 Å². The fourth-order valence-electron chi connectivity index (χ4n) is 2.43. The second-order valence-electron chi connectivity index (χ2n) is 5.62. The molecule has 0 bridgehead atoms. The number of nitrogens with one attached hydrogen (secondary N) is 1. The van der Waals surface area contributed by atoms with E-state index in [0.717, 1.165) is 19.3 Å². The summed E-state index contributed by atoms with van der Waals surface area (Å²) in [5, 5.41) is 2.75. The van der Waals surface area contributed by atoms with E-state index in [0.29, 0.717) is 24.2 Å². The molecule has 116 valence electrons. The van der Waals surface area contributed by atoms with Gasteiger partial charge in [-0.25, -0.2) is 4.79 Å². The summed E-state index contributed by atoms with van der Waals surface area (Å²) in [7, 11) is 0. The quantitative estimate of drug-likeness (QED) is 0.831. The molecule has 0 spiro atoms. The molecule has 1 aromatic carbocycles. The first-order chi connectivity index (χ1) is 10.6. The van der Waals surface area contributed by atoms with Gasteiger partial charge in [0.2, 0.25) is 5.91 Å². The van der Waals surface area contributed by atoms with Crippen LogP contribution in [0.3, 0.4) is 0 Å². The summed E-state index contributed by atoms with van der Waals surface area (Å²) in [6.07, 6.45) is 3.35. The Bertz CT molecular complexity index is 610. The van der Waals surface area contributed by atoms with Crippen LogP contribution in [0.1, 0.15) is 36.0 Å². The van der Waals surface area contributed by atoms with Gasteiger partial charge in [0, 0.05) is 24.7 Å². The third kappa shape index (κ3) is 3.44. The third-order valence-corrected chi connectivity index (χ3v) is 3.74. The molecule has 1 aliphatic carbocycles. The van der Waals surface area contributed by atoms with Crippen LogP contribution in [0, 0.1) is 0 Å². The Balaban J connectivity index is 1.59. The second kappa shape index (κ2) is 6.17. The standard InChI is InChI=1S/C16H18N2O4/c19-14(17-12-6-7-12)10-22-16(21)11-3-1-4-13(9-11)18-8-2-5-15(18)20/h1,3-4,9,12H,2,5-8,10H2,(H,17,19). The van der Waals surface area contributed by atoms with E-state index < -0.39 is 5.97 Å². The van der Waals surface area contributed by atoms with Gasteiger partial charge in [0.25, 0.3) is 5.91 Å². The van der Waals surface area contributed by atoms with Crippen molar-refractivity contribution in [1.82, 2.24) is 5.32 Å². The van der Waals surface area contributed by atoms with Crippen molar-refractivity contribution in [2.75, 3.05) is 18.1 Å². The normalized spacial score (nSPS) is 17.5. The van der Waals surface area contributed by atoms with Crippen molar-refractivity contribution >= 4 is 23.5 Å². The first kappa shape index (κ1) is 14.6. The summed E-state index contributed by atoms with van der Waals surface area (Å²) in [6.45, 7) is 0.392. The van der Waals surface area contributed by atoms with Crippen molar-refractivity contribution in [1.29, 1.82) is 0 Å². The van der Waals surface area contributed by atoms with E-state index in [4.69, 9.17) is 4.74 Å². The average Bonchev–Trinajstić information content (AvgIpc) is 3.23. The number of benzene rings is 1. The summed E-state index contributed by atoms with van der Waals surface area (Å²) < 4.78 is 5.01. The Morgan fingerprint density at radius 3 is 2.82 bits per heavy atom. The summed E-state index contributed by atoms with van der Waals surface area (Å²) in [6, 6.07) is 6.99. The summed E-state index contributed by atoms with van der Waals surface area (Å²) in [5.74, 6) is -0.768. The lowest BCUT2D eigenvalue weighted by Gasteiger charge is -2.16. The zero-order valence-electron chi connectivity index (χ0n) is 12.2. The zero-order valence-corrected chi connectivity index (χ0v) is 12.2. The number of ether oxygens (including phenoxy) is 1. The number of carbonyl (C=O) groups is 3. The van der Waals surface area contributed by atoms with E-state index in [1.54, 1.807) is 29.2 Å². The van der Waals surface area contributed by atoms with Crippen LogP contribution < -0.4 is 10.2 Å². The van der Waals surface area contributed by atoms with Crippen molar-refractivity contribution in [3.05, 3.63) is 29.8 Å². The molecule has 2 amide bonds. The Kier molecular flexibility index (Phi) is 4.09. The van der Waals surface area contributed by atoms with E-state index in [9.17, 15) is 14.4 Å². The molecular formula is C16H18N2O4. The number of hydrogen-bond acceptors (Lipinski definition) is 4. The summed E-state index contributed by atoms with van der Waals surface area (Å²) in [5.41, 5.74) is 1.04. The molecule has 3 rings (SSSR count). The minimum absolute atomic E-state index is 0.0642. The fourth-order valence-corrected chi connectivity index (χ4v) is 2.43. The molecule has 6 heteroatoms. The lowest BCUT2D eigenvalue weighted by molar-refractivity contribution is -0.124. The van der Waals surface area contributed by atoms with Gasteiger partial charge in [-0.05, 0) is 37.5 Å². The van der Waals surface area contributed by atoms with Crippen LogP contribution in [0.2, 0.25) is 0 Å². The first-order valence-corrected chi connectivity index (χ1v) is 7.50. The second-order valence-corrected chi connectivity index (χ2v) is 5.62. The molecule has 1 aliphatic heterocycles. The zero-order chi connectivity index (χ0) is 15.5. The lowest BCUT2D eigenvalue weighted by atomic mass is 10.2. The molecule has 1 aromatic rings. The van der Waals surface area contributed by atoms with Gasteiger partial charge in [0.05, 0.1) is 5.56 Å². The van der Waals surface area contributed by atoms with Gasteiger partial charge in [-0.2, -0.15) is 0 Å². The molecule has 1 saturated heterocycles. The smallest absolute Gasteiger partial charge is 0.338 e. The maximum absolute atomic E-state index is 12.0. The molecular weight excluding hydrogens is 284 g/mol. The van der Waals surface area contributed by atoms with Gasteiger partial charge >= 0.3 is 5.97 Å². The van der Waals surface area contributed by atoms with Crippen LogP contribution >= 0.6 is 0 Å². The van der Waals surface area contributed by atoms with Crippen molar-refractivity contribution in [2.24, 2.45) is 0 Å². The van der Waals surface area contributed by atoms with Crippen molar-refractivity contribution in [3.63, 3.8) is 0 Å². The van der Waals surface area contributed by atoms with Crippen LogP contribution in [0.25, 0.3) is 0 Å². The van der Waals surface area contributed by atoms with Gasteiger partial charge in [-0.15, -0.1) is 0 Å². The Morgan fingerprint density at radius 2 is 2.14 bits per heavy atom. The Labute approximate surface area is 128 Å². The predicted molar refractivity (Wildman–Crippen MR) is 79.5 cm³/mol. The van der Waals surface area contributed by atoms with E-state index in [2.05, 4.69) is 5.32 Å². The van der Waals surface area contributed by atoms with Gasteiger partial charge < -0.3 is 15.0 Å². The van der Waals surface area contributed by atoms with Crippen LogP contribution in [0.15, 0.2) is 24.3 Å². The lowest BCUT2D eigenvalue weighted by Crippen LogP contribution is -2.30. The third-order valence-electron chi connectivity index (χ3n) is 3.74. The van der Waals surface area contributed by atoms with Crippen molar-refractivity contribution in [3.8, 4) is 0 Å². The number of rotatable bonds is 5. The van der Waals surface area contributed by atoms with Gasteiger partial charge in [-0.3, -0.25) is 9.59 Å². The topological polar surface area (TPSA) is 75.7 Å². The van der Waals surface area contributed by atoms with Crippen molar-refractivity contribution < 1.29 is 19.1 Å². The van der Waals surface area contributed by atoms with Gasteiger partial charge in [0.1, 0.15) is 0 Å². The Morgan fingerprint density at radius 1 is 1.32 bits per heavy atom. The average molecular weight is 302 g/mol. The number of hydrogen-bond donors (Lipinski definition) is 1. The number of carbonyl (C=O) groups excluding carboxylic acids is 3. The molecule has 6 nitrogen and oxygen atoms in total.